The topological polar surface area (TPSA) is 66.5 Å². The van der Waals surface area contributed by atoms with Crippen molar-refractivity contribution in [2.45, 2.75) is 29.9 Å². The summed E-state index contributed by atoms with van der Waals surface area (Å²) in [6.45, 7) is 2.83. The molecule has 28 heavy (non-hydrogen) atoms. The fourth-order valence-corrected chi connectivity index (χ4v) is 4.90. The zero-order valence-electron chi connectivity index (χ0n) is 16.3. The lowest BCUT2D eigenvalue weighted by atomic mass is 9.94. The summed E-state index contributed by atoms with van der Waals surface area (Å²) in [6.07, 6.45) is 3.33. The third kappa shape index (κ3) is 5.42. The molecule has 2 aromatic carbocycles. The van der Waals surface area contributed by atoms with Crippen LogP contribution in [0.2, 0.25) is 0 Å². The summed E-state index contributed by atoms with van der Waals surface area (Å²) in [5, 5.41) is 3.35. The Morgan fingerprint density at radius 3 is 2.32 bits per heavy atom. The van der Waals surface area contributed by atoms with Crippen LogP contribution in [0.4, 0.5) is 0 Å². The Bertz CT molecular complexity index is 874. The molecule has 1 heterocycles. The molecule has 5 nitrogen and oxygen atoms in total. The Kier molecular flexibility index (Phi) is 6.86. The first kappa shape index (κ1) is 20.6. The van der Waals surface area contributed by atoms with E-state index in [0.717, 1.165) is 44.5 Å². The number of hydrogen-bond donors (Lipinski definition) is 1. The van der Waals surface area contributed by atoms with Gasteiger partial charge in [0.2, 0.25) is 0 Å². The van der Waals surface area contributed by atoms with Gasteiger partial charge in [-0.1, -0.05) is 30.3 Å². The molecule has 0 bridgehead atoms. The van der Waals surface area contributed by atoms with E-state index < -0.39 is 9.84 Å². The van der Waals surface area contributed by atoms with Gasteiger partial charge >= 0.3 is 0 Å². The van der Waals surface area contributed by atoms with Crippen LogP contribution in [0.3, 0.4) is 0 Å². The summed E-state index contributed by atoms with van der Waals surface area (Å²) in [6, 6.07) is 15.4. The Morgan fingerprint density at radius 1 is 1.04 bits per heavy atom. The van der Waals surface area contributed by atoms with Gasteiger partial charge in [0.1, 0.15) is 0 Å². The Morgan fingerprint density at radius 2 is 1.68 bits per heavy atom. The van der Waals surface area contributed by atoms with Gasteiger partial charge in [-0.3, -0.25) is 4.79 Å². The normalized spacial score (nSPS) is 15.3. The van der Waals surface area contributed by atoms with Crippen LogP contribution in [0.25, 0.3) is 0 Å². The van der Waals surface area contributed by atoms with Gasteiger partial charge in [0.05, 0.1) is 10.6 Å². The van der Waals surface area contributed by atoms with Crippen LogP contribution in [0.1, 0.15) is 35.2 Å². The monoisotopic (exact) mass is 400 g/mol. The molecule has 0 aromatic heterocycles. The summed E-state index contributed by atoms with van der Waals surface area (Å²) in [4.78, 5) is 14.6. The molecule has 1 aliphatic heterocycles. The predicted octanol–water partition coefficient (Wildman–Crippen LogP) is 3.12. The number of nitrogens with zero attached hydrogens (tertiary/aromatic N) is 1. The molecular weight excluding hydrogens is 372 g/mol. The summed E-state index contributed by atoms with van der Waals surface area (Å²) in [5.74, 6) is 0.556. The molecule has 1 N–H and O–H groups in total. The number of nitrogens with one attached hydrogen (secondary N) is 1. The van der Waals surface area contributed by atoms with Crippen LogP contribution in [0.15, 0.2) is 59.5 Å². The Hall–Kier alpha value is -2.18. The minimum atomic E-state index is -3.43. The highest BCUT2D eigenvalue weighted by Crippen LogP contribution is 2.19. The molecule has 1 fully saturated rings. The van der Waals surface area contributed by atoms with Crippen LogP contribution in [0, 0.1) is 5.92 Å². The van der Waals surface area contributed by atoms with Gasteiger partial charge in [-0.25, -0.2) is 8.42 Å². The Labute approximate surface area is 167 Å². The molecule has 0 unspecified atom stereocenters. The van der Waals surface area contributed by atoms with E-state index in [1.807, 2.05) is 25.2 Å². The number of hydrogen-bond acceptors (Lipinski definition) is 4. The van der Waals surface area contributed by atoms with Crippen LogP contribution in [0.5, 0.6) is 0 Å². The fourth-order valence-electron chi connectivity index (χ4n) is 3.55. The van der Waals surface area contributed by atoms with Crippen molar-refractivity contribution in [1.29, 1.82) is 0 Å². The number of carbonyl (C=O) groups excluding carboxylic acids is 1. The zero-order valence-corrected chi connectivity index (χ0v) is 17.1. The van der Waals surface area contributed by atoms with Crippen molar-refractivity contribution in [2.75, 3.05) is 26.7 Å². The van der Waals surface area contributed by atoms with Crippen LogP contribution in [-0.4, -0.2) is 45.9 Å². The van der Waals surface area contributed by atoms with Crippen molar-refractivity contribution in [3.05, 3.63) is 65.7 Å². The number of rotatable bonds is 7. The molecular formula is C22H28N2O3S. The van der Waals surface area contributed by atoms with E-state index in [9.17, 15) is 13.2 Å². The van der Waals surface area contributed by atoms with E-state index >= 15 is 0 Å². The van der Waals surface area contributed by atoms with Crippen molar-refractivity contribution in [3.8, 4) is 0 Å². The van der Waals surface area contributed by atoms with Gasteiger partial charge in [-0.05, 0) is 68.1 Å². The van der Waals surface area contributed by atoms with Crippen LogP contribution >= 0.6 is 0 Å². The smallest absolute Gasteiger partial charge is 0.253 e. The second kappa shape index (κ2) is 9.34. The van der Waals surface area contributed by atoms with Gasteiger partial charge in [0.15, 0.2) is 9.84 Å². The summed E-state index contributed by atoms with van der Waals surface area (Å²) < 4.78 is 25.2. The molecule has 2 aromatic rings. The second-order valence-electron chi connectivity index (χ2n) is 7.48. The number of carbonyl (C=O) groups is 1. The minimum Gasteiger partial charge on any atom is -0.342 e. The first-order chi connectivity index (χ1) is 13.5. The molecule has 1 saturated heterocycles. The van der Waals surface area contributed by atoms with E-state index in [1.165, 1.54) is 12.1 Å². The third-order valence-electron chi connectivity index (χ3n) is 5.34. The molecule has 150 valence electrons. The molecule has 3 rings (SSSR count). The summed E-state index contributed by atoms with van der Waals surface area (Å²) in [7, 11) is -1.62. The van der Waals surface area contributed by atoms with Crippen molar-refractivity contribution in [2.24, 2.45) is 5.92 Å². The lowest BCUT2D eigenvalue weighted by Crippen LogP contribution is -2.32. The fraction of sp³-hybridized carbons (Fsp3) is 0.409. The van der Waals surface area contributed by atoms with Crippen molar-refractivity contribution in [3.63, 3.8) is 0 Å². The predicted molar refractivity (Wildman–Crippen MR) is 111 cm³/mol. The summed E-state index contributed by atoms with van der Waals surface area (Å²) >= 11 is 0. The standard InChI is InChI=1S/C22H28N2O3S/c1-24(16-13-18-11-14-23-15-12-18)22(25)20-7-9-21(10-8-20)28(26,27)17-19-5-3-2-4-6-19/h2-10,18,23H,11-17H2,1H3. The molecule has 1 aliphatic rings. The largest absolute Gasteiger partial charge is 0.342 e. The molecule has 0 spiro atoms. The van der Waals surface area contributed by atoms with E-state index in [0.29, 0.717) is 11.5 Å². The highest BCUT2D eigenvalue weighted by molar-refractivity contribution is 7.90. The SMILES string of the molecule is CN(CCC1CCNCC1)C(=O)c1ccc(S(=O)(=O)Cc2ccccc2)cc1. The number of benzene rings is 2. The van der Waals surface area contributed by atoms with E-state index in [2.05, 4.69) is 5.32 Å². The van der Waals surface area contributed by atoms with Gasteiger partial charge in [0.25, 0.3) is 5.91 Å². The molecule has 6 heteroatoms. The third-order valence-corrected chi connectivity index (χ3v) is 7.04. The maximum absolute atomic E-state index is 12.6. The Balaban J connectivity index is 1.60. The lowest BCUT2D eigenvalue weighted by molar-refractivity contribution is 0.0784. The lowest BCUT2D eigenvalue weighted by Gasteiger charge is -2.25. The molecule has 1 amide bonds. The number of piperidine rings is 1. The molecule has 0 saturated carbocycles. The first-order valence-corrected chi connectivity index (χ1v) is 11.4. The second-order valence-corrected chi connectivity index (χ2v) is 9.47. The van der Waals surface area contributed by atoms with Crippen LogP contribution in [-0.2, 0) is 15.6 Å². The van der Waals surface area contributed by atoms with E-state index in [4.69, 9.17) is 0 Å². The van der Waals surface area contributed by atoms with E-state index in [-0.39, 0.29) is 16.6 Å². The highest BCUT2D eigenvalue weighted by Gasteiger charge is 2.19. The highest BCUT2D eigenvalue weighted by atomic mass is 32.2. The van der Waals surface area contributed by atoms with Gasteiger partial charge in [0, 0.05) is 19.2 Å². The van der Waals surface area contributed by atoms with Crippen molar-refractivity contribution >= 4 is 15.7 Å². The minimum absolute atomic E-state index is 0.0444. The number of sulfone groups is 1. The molecule has 0 radical (unpaired) electrons. The maximum atomic E-state index is 12.6. The van der Waals surface area contributed by atoms with Crippen molar-refractivity contribution in [1.82, 2.24) is 10.2 Å². The number of amides is 1. The molecule has 0 atom stereocenters. The van der Waals surface area contributed by atoms with Gasteiger partial charge < -0.3 is 10.2 Å². The maximum Gasteiger partial charge on any atom is 0.253 e. The van der Waals surface area contributed by atoms with Crippen LogP contribution < -0.4 is 5.32 Å². The van der Waals surface area contributed by atoms with E-state index in [1.54, 1.807) is 29.2 Å². The summed E-state index contributed by atoms with van der Waals surface area (Å²) in [5.41, 5.74) is 1.27. The zero-order chi connectivity index (χ0) is 20.0. The average molecular weight is 401 g/mol. The molecule has 0 aliphatic carbocycles. The quantitative estimate of drug-likeness (QED) is 0.775. The first-order valence-electron chi connectivity index (χ1n) is 9.78. The van der Waals surface area contributed by atoms with Gasteiger partial charge in [-0.15, -0.1) is 0 Å². The van der Waals surface area contributed by atoms with Gasteiger partial charge in [-0.2, -0.15) is 0 Å². The van der Waals surface area contributed by atoms with Crippen molar-refractivity contribution < 1.29 is 13.2 Å². The average Bonchev–Trinajstić information content (AvgIpc) is 2.73.